The number of pyridine rings is 1. The summed E-state index contributed by atoms with van der Waals surface area (Å²) in [6.45, 7) is 0. The Morgan fingerprint density at radius 3 is 2.84 bits per heavy atom. The first-order valence-corrected chi connectivity index (χ1v) is 6.62. The molecule has 0 aliphatic heterocycles. The minimum atomic E-state index is 0.180. The van der Waals surface area contributed by atoms with E-state index in [9.17, 15) is 0 Å². The van der Waals surface area contributed by atoms with Crippen LogP contribution in [0.4, 0.5) is 0 Å². The summed E-state index contributed by atoms with van der Waals surface area (Å²) in [6.07, 6.45) is 4.87. The normalized spacial score (nSPS) is 22.6. The highest BCUT2D eigenvalue weighted by molar-refractivity contribution is 5.91. The fraction of sp³-hybridized carbons (Fsp3) is 0.400. The highest BCUT2D eigenvalue weighted by Gasteiger charge is 2.24. The molecule has 1 saturated carbocycles. The molecule has 3 rings (SSSR count). The van der Waals surface area contributed by atoms with E-state index in [0.29, 0.717) is 5.88 Å². The highest BCUT2D eigenvalue weighted by Crippen LogP contribution is 2.32. The summed E-state index contributed by atoms with van der Waals surface area (Å²) in [4.78, 5) is 4.35. The van der Waals surface area contributed by atoms with E-state index in [1.54, 1.807) is 13.3 Å². The largest absolute Gasteiger partial charge is 0.496 e. The van der Waals surface area contributed by atoms with Gasteiger partial charge in [0.1, 0.15) is 11.9 Å². The third-order valence-electron chi connectivity index (χ3n) is 3.65. The Morgan fingerprint density at radius 2 is 2.11 bits per heavy atom. The van der Waals surface area contributed by atoms with Crippen LogP contribution in [0.5, 0.6) is 11.6 Å². The molecule has 2 N–H and O–H groups in total. The Bertz CT molecular complexity index is 585. The lowest BCUT2D eigenvalue weighted by molar-refractivity contribution is 0.202. The van der Waals surface area contributed by atoms with E-state index in [1.165, 1.54) is 0 Å². The zero-order valence-electron chi connectivity index (χ0n) is 11.0. The second-order valence-electron chi connectivity index (χ2n) is 4.98. The Labute approximate surface area is 112 Å². The first-order chi connectivity index (χ1) is 9.28. The molecule has 0 spiro atoms. The van der Waals surface area contributed by atoms with E-state index in [2.05, 4.69) is 4.98 Å². The molecule has 2 aromatic rings. The smallest absolute Gasteiger partial charge is 0.221 e. The van der Waals surface area contributed by atoms with Crippen LogP contribution in [0.3, 0.4) is 0 Å². The van der Waals surface area contributed by atoms with E-state index in [0.717, 1.165) is 35.8 Å². The van der Waals surface area contributed by atoms with Gasteiger partial charge in [-0.05, 0) is 37.5 Å². The Balaban J connectivity index is 1.95. The van der Waals surface area contributed by atoms with Crippen LogP contribution in [0.2, 0.25) is 0 Å². The van der Waals surface area contributed by atoms with Gasteiger partial charge in [0.2, 0.25) is 5.88 Å². The Morgan fingerprint density at radius 1 is 1.21 bits per heavy atom. The predicted molar refractivity (Wildman–Crippen MR) is 74.5 cm³/mol. The van der Waals surface area contributed by atoms with E-state index in [-0.39, 0.29) is 12.1 Å². The number of hydrogen-bond acceptors (Lipinski definition) is 4. The molecule has 1 aromatic heterocycles. The average molecular weight is 258 g/mol. The van der Waals surface area contributed by atoms with Crippen molar-refractivity contribution in [1.29, 1.82) is 0 Å². The van der Waals surface area contributed by atoms with Crippen molar-refractivity contribution in [1.82, 2.24) is 4.98 Å². The van der Waals surface area contributed by atoms with Gasteiger partial charge in [-0.1, -0.05) is 6.07 Å². The van der Waals surface area contributed by atoms with Gasteiger partial charge in [0, 0.05) is 23.0 Å². The van der Waals surface area contributed by atoms with Gasteiger partial charge in [0.25, 0.3) is 0 Å². The topological polar surface area (TPSA) is 57.4 Å². The number of ether oxygens (including phenoxy) is 2. The molecule has 4 nitrogen and oxygen atoms in total. The van der Waals surface area contributed by atoms with Crippen LogP contribution in [0.25, 0.3) is 10.8 Å². The van der Waals surface area contributed by atoms with Crippen LogP contribution in [-0.2, 0) is 0 Å². The summed E-state index contributed by atoms with van der Waals surface area (Å²) in [5.41, 5.74) is 5.92. The van der Waals surface area contributed by atoms with Crippen LogP contribution in [0.15, 0.2) is 30.5 Å². The zero-order valence-corrected chi connectivity index (χ0v) is 11.0. The molecule has 1 aliphatic carbocycles. The molecule has 0 amide bonds. The molecule has 0 saturated heterocycles. The lowest BCUT2D eigenvalue weighted by Crippen LogP contribution is -2.19. The van der Waals surface area contributed by atoms with Crippen molar-refractivity contribution < 1.29 is 9.47 Å². The zero-order chi connectivity index (χ0) is 13.2. The third-order valence-corrected chi connectivity index (χ3v) is 3.65. The van der Waals surface area contributed by atoms with Gasteiger partial charge in [-0.25, -0.2) is 4.98 Å². The summed E-state index contributed by atoms with van der Waals surface area (Å²) in [5.74, 6) is 1.52. The predicted octanol–water partition coefficient (Wildman–Crippen LogP) is 2.50. The molecule has 2 atom stereocenters. The SMILES string of the molecule is COc1cccc2c(OC3CCC(N)C3)nccc12. The van der Waals surface area contributed by atoms with Crippen molar-refractivity contribution in [2.45, 2.75) is 31.4 Å². The minimum Gasteiger partial charge on any atom is -0.496 e. The molecule has 1 fully saturated rings. The second-order valence-corrected chi connectivity index (χ2v) is 4.98. The number of hydrogen-bond donors (Lipinski definition) is 1. The molecule has 1 aliphatic rings. The number of benzene rings is 1. The molecular weight excluding hydrogens is 240 g/mol. The number of fused-ring (bicyclic) bond motifs is 1. The van der Waals surface area contributed by atoms with Crippen molar-refractivity contribution >= 4 is 10.8 Å². The molecule has 0 bridgehead atoms. The van der Waals surface area contributed by atoms with Crippen LogP contribution < -0.4 is 15.2 Å². The van der Waals surface area contributed by atoms with Crippen molar-refractivity contribution in [3.63, 3.8) is 0 Å². The molecule has 19 heavy (non-hydrogen) atoms. The number of rotatable bonds is 3. The summed E-state index contributed by atoms with van der Waals surface area (Å²) in [7, 11) is 1.67. The summed E-state index contributed by atoms with van der Waals surface area (Å²) in [5, 5.41) is 2.01. The van der Waals surface area contributed by atoms with Crippen molar-refractivity contribution in [2.75, 3.05) is 7.11 Å². The molecule has 0 radical (unpaired) electrons. The monoisotopic (exact) mass is 258 g/mol. The second kappa shape index (κ2) is 5.05. The number of aromatic nitrogens is 1. The van der Waals surface area contributed by atoms with Gasteiger partial charge in [0.15, 0.2) is 0 Å². The molecular formula is C15H18N2O2. The first kappa shape index (κ1) is 12.2. The number of methoxy groups -OCH3 is 1. The standard InChI is InChI=1S/C15H18N2O2/c1-18-14-4-2-3-13-12(14)7-8-17-15(13)19-11-6-5-10(16)9-11/h2-4,7-8,10-11H,5-6,9,16H2,1H3. The Hall–Kier alpha value is -1.81. The maximum absolute atomic E-state index is 6.01. The van der Waals surface area contributed by atoms with Crippen molar-refractivity contribution in [2.24, 2.45) is 5.73 Å². The molecule has 1 aromatic carbocycles. The fourth-order valence-corrected chi connectivity index (χ4v) is 2.66. The van der Waals surface area contributed by atoms with Crippen LogP contribution in [-0.4, -0.2) is 24.2 Å². The maximum atomic E-state index is 6.01. The average Bonchev–Trinajstić information content (AvgIpc) is 2.84. The van der Waals surface area contributed by atoms with Crippen LogP contribution >= 0.6 is 0 Å². The van der Waals surface area contributed by atoms with Gasteiger partial charge >= 0.3 is 0 Å². The summed E-state index contributed by atoms with van der Waals surface area (Å²) >= 11 is 0. The van der Waals surface area contributed by atoms with Crippen molar-refractivity contribution in [3.8, 4) is 11.6 Å². The van der Waals surface area contributed by atoms with Crippen molar-refractivity contribution in [3.05, 3.63) is 30.5 Å². The molecule has 1 heterocycles. The quantitative estimate of drug-likeness (QED) is 0.919. The van der Waals surface area contributed by atoms with Gasteiger partial charge < -0.3 is 15.2 Å². The first-order valence-electron chi connectivity index (χ1n) is 6.62. The summed E-state index contributed by atoms with van der Waals surface area (Å²) in [6, 6.07) is 8.11. The van der Waals surface area contributed by atoms with Gasteiger partial charge in [-0.3, -0.25) is 0 Å². The summed E-state index contributed by atoms with van der Waals surface area (Å²) < 4.78 is 11.4. The molecule has 4 heteroatoms. The van der Waals surface area contributed by atoms with E-state index >= 15 is 0 Å². The minimum absolute atomic E-state index is 0.180. The van der Waals surface area contributed by atoms with E-state index in [4.69, 9.17) is 15.2 Å². The van der Waals surface area contributed by atoms with Gasteiger partial charge in [-0.2, -0.15) is 0 Å². The maximum Gasteiger partial charge on any atom is 0.221 e. The Kier molecular flexibility index (Phi) is 3.25. The van der Waals surface area contributed by atoms with Gasteiger partial charge in [-0.15, -0.1) is 0 Å². The molecule has 100 valence electrons. The van der Waals surface area contributed by atoms with E-state index in [1.807, 2.05) is 24.3 Å². The fourth-order valence-electron chi connectivity index (χ4n) is 2.66. The van der Waals surface area contributed by atoms with E-state index < -0.39 is 0 Å². The van der Waals surface area contributed by atoms with Crippen LogP contribution in [0.1, 0.15) is 19.3 Å². The number of nitrogens with zero attached hydrogens (tertiary/aromatic N) is 1. The third kappa shape index (κ3) is 2.36. The molecule has 2 unspecified atom stereocenters. The lowest BCUT2D eigenvalue weighted by atomic mass is 10.1. The van der Waals surface area contributed by atoms with Crippen LogP contribution in [0, 0.1) is 0 Å². The lowest BCUT2D eigenvalue weighted by Gasteiger charge is -2.15. The highest BCUT2D eigenvalue weighted by atomic mass is 16.5. The number of nitrogens with two attached hydrogens (primary N) is 1. The van der Waals surface area contributed by atoms with Gasteiger partial charge in [0.05, 0.1) is 7.11 Å².